The average Bonchev–Trinajstić information content (AvgIpc) is 2.82. The van der Waals surface area contributed by atoms with Crippen molar-refractivity contribution in [2.24, 2.45) is 0 Å². The molecule has 5 heteroatoms. The van der Waals surface area contributed by atoms with Crippen molar-refractivity contribution >= 4 is 11.7 Å². The van der Waals surface area contributed by atoms with Gasteiger partial charge in [0.1, 0.15) is 12.4 Å². The van der Waals surface area contributed by atoms with Gasteiger partial charge < -0.3 is 11.1 Å². The third-order valence-corrected chi connectivity index (χ3v) is 2.94. The Balaban J connectivity index is 1.80. The zero-order valence-electron chi connectivity index (χ0n) is 10.9. The van der Waals surface area contributed by atoms with E-state index in [1.807, 2.05) is 18.2 Å². The van der Waals surface area contributed by atoms with Crippen molar-refractivity contribution in [1.82, 2.24) is 15.1 Å². The molecule has 3 N–H and O–H groups in total. The second-order valence-electron chi connectivity index (χ2n) is 4.55. The summed E-state index contributed by atoms with van der Waals surface area (Å²) in [6, 6.07) is 11.8. The summed E-state index contributed by atoms with van der Waals surface area (Å²) in [5.74, 6) is 0.643. The molecule has 0 spiro atoms. The van der Waals surface area contributed by atoms with Crippen LogP contribution >= 0.6 is 0 Å². The molecule has 0 aliphatic rings. The van der Waals surface area contributed by atoms with Gasteiger partial charge in [0.05, 0.1) is 0 Å². The number of nitrogens with zero attached hydrogens (tertiary/aromatic N) is 2. The number of nitrogen functional groups attached to an aromatic ring is 1. The lowest BCUT2D eigenvalue weighted by atomic mass is 10.0. The Hall–Kier alpha value is -2.30. The summed E-state index contributed by atoms with van der Waals surface area (Å²) >= 11 is 0. The molecule has 0 saturated heterocycles. The molecule has 5 nitrogen and oxygen atoms in total. The maximum Gasteiger partial charge on any atom is 0.241 e. The minimum absolute atomic E-state index is 0.0640. The predicted molar refractivity (Wildman–Crippen MR) is 74.5 cm³/mol. The smallest absolute Gasteiger partial charge is 0.241 e. The number of aromatic nitrogens is 2. The lowest BCUT2D eigenvalue weighted by molar-refractivity contribution is -0.121. The maximum absolute atomic E-state index is 11.7. The van der Waals surface area contributed by atoms with Crippen molar-refractivity contribution in [2.75, 3.05) is 12.3 Å². The van der Waals surface area contributed by atoms with E-state index < -0.39 is 0 Å². The maximum atomic E-state index is 11.7. The fourth-order valence-electron chi connectivity index (χ4n) is 1.83. The fraction of sp³-hybridized carbons (Fsp3) is 0.286. The van der Waals surface area contributed by atoms with Gasteiger partial charge in [0, 0.05) is 12.7 Å². The van der Waals surface area contributed by atoms with Crippen molar-refractivity contribution in [3.8, 4) is 0 Å². The highest BCUT2D eigenvalue weighted by molar-refractivity contribution is 5.75. The van der Waals surface area contributed by atoms with Gasteiger partial charge in [-0.1, -0.05) is 37.3 Å². The number of hydrogen-bond donors (Lipinski definition) is 2. The predicted octanol–water partition coefficient (Wildman–Crippen LogP) is 1.39. The Morgan fingerprint density at radius 1 is 1.37 bits per heavy atom. The number of carbonyl (C=O) groups is 1. The first-order valence-corrected chi connectivity index (χ1v) is 6.25. The van der Waals surface area contributed by atoms with Crippen LogP contribution in [0, 0.1) is 0 Å². The minimum atomic E-state index is -0.0640. The molecule has 0 aliphatic carbocycles. The average molecular weight is 258 g/mol. The van der Waals surface area contributed by atoms with Crippen LogP contribution in [0.2, 0.25) is 0 Å². The summed E-state index contributed by atoms with van der Waals surface area (Å²) in [6.45, 7) is 2.89. The van der Waals surface area contributed by atoms with E-state index in [-0.39, 0.29) is 18.4 Å². The van der Waals surface area contributed by atoms with Crippen LogP contribution in [-0.4, -0.2) is 22.2 Å². The molecule has 0 radical (unpaired) electrons. The van der Waals surface area contributed by atoms with Crippen LogP contribution in [0.4, 0.5) is 5.82 Å². The van der Waals surface area contributed by atoms with Crippen LogP contribution in [0.15, 0.2) is 42.6 Å². The molecular formula is C14H18N4O. The van der Waals surface area contributed by atoms with Crippen LogP contribution in [0.25, 0.3) is 0 Å². The number of nitrogens with one attached hydrogen (secondary N) is 1. The van der Waals surface area contributed by atoms with Gasteiger partial charge in [0.15, 0.2) is 0 Å². The highest BCUT2D eigenvalue weighted by Gasteiger charge is 2.08. The van der Waals surface area contributed by atoms with E-state index in [2.05, 4.69) is 29.5 Å². The molecule has 2 aromatic rings. The van der Waals surface area contributed by atoms with E-state index in [1.54, 1.807) is 12.3 Å². The van der Waals surface area contributed by atoms with Crippen LogP contribution in [0.3, 0.4) is 0 Å². The second-order valence-corrected chi connectivity index (χ2v) is 4.55. The van der Waals surface area contributed by atoms with Gasteiger partial charge >= 0.3 is 0 Å². The van der Waals surface area contributed by atoms with E-state index in [0.717, 1.165) is 0 Å². The first kappa shape index (κ1) is 13.1. The third-order valence-electron chi connectivity index (χ3n) is 2.94. The molecule has 1 unspecified atom stereocenters. The first-order chi connectivity index (χ1) is 9.15. The zero-order chi connectivity index (χ0) is 13.7. The summed E-state index contributed by atoms with van der Waals surface area (Å²) in [6.07, 6.45) is 1.69. The largest absolute Gasteiger partial charge is 0.382 e. The highest BCUT2D eigenvalue weighted by Crippen LogP contribution is 2.12. The molecule has 0 bridgehead atoms. The summed E-state index contributed by atoms with van der Waals surface area (Å²) in [7, 11) is 0. The van der Waals surface area contributed by atoms with Gasteiger partial charge in [-0.05, 0) is 17.5 Å². The van der Waals surface area contributed by atoms with Gasteiger partial charge in [0.2, 0.25) is 5.91 Å². The lowest BCUT2D eigenvalue weighted by Crippen LogP contribution is -2.30. The molecule has 1 heterocycles. The molecule has 0 saturated carbocycles. The van der Waals surface area contributed by atoms with Crippen molar-refractivity contribution < 1.29 is 4.79 Å². The van der Waals surface area contributed by atoms with Crippen LogP contribution in [0.5, 0.6) is 0 Å². The summed E-state index contributed by atoms with van der Waals surface area (Å²) in [5.41, 5.74) is 6.70. The van der Waals surface area contributed by atoms with E-state index in [1.165, 1.54) is 10.2 Å². The van der Waals surface area contributed by atoms with Crippen LogP contribution < -0.4 is 11.1 Å². The Labute approximate surface area is 112 Å². The van der Waals surface area contributed by atoms with Crippen molar-refractivity contribution in [3.05, 3.63) is 48.2 Å². The van der Waals surface area contributed by atoms with Crippen LogP contribution in [0.1, 0.15) is 18.4 Å². The van der Waals surface area contributed by atoms with Crippen molar-refractivity contribution in [2.45, 2.75) is 19.4 Å². The number of hydrogen-bond acceptors (Lipinski definition) is 3. The molecule has 1 atom stereocenters. The third kappa shape index (κ3) is 3.84. The van der Waals surface area contributed by atoms with Gasteiger partial charge in [-0.15, -0.1) is 0 Å². The second kappa shape index (κ2) is 6.04. The van der Waals surface area contributed by atoms with Gasteiger partial charge in [0.25, 0.3) is 0 Å². The van der Waals surface area contributed by atoms with E-state index in [9.17, 15) is 4.79 Å². The highest BCUT2D eigenvalue weighted by atomic mass is 16.2. The molecule has 19 heavy (non-hydrogen) atoms. The fourth-order valence-corrected chi connectivity index (χ4v) is 1.83. The Bertz CT molecular complexity index is 535. The summed E-state index contributed by atoms with van der Waals surface area (Å²) in [4.78, 5) is 11.7. The topological polar surface area (TPSA) is 72.9 Å². The van der Waals surface area contributed by atoms with Gasteiger partial charge in [-0.25, -0.2) is 0 Å². The van der Waals surface area contributed by atoms with Crippen molar-refractivity contribution in [3.63, 3.8) is 0 Å². The molecule has 1 amide bonds. The molecule has 0 aliphatic heterocycles. The molecule has 0 fully saturated rings. The Morgan fingerprint density at radius 3 is 2.74 bits per heavy atom. The number of anilines is 1. The molecule has 1 aromatic heterocycles. The number of rotatable bonds is 5. The van der Waals surface area contributed by atoms with E-state index in [4.69, 9.17) is 5.73 Å². The number of benzene rings is 1. The summed E-state index contributed by atoms with van der Waals surface area (Å²) < 4.78 is 1.53. The monoisotopic (exact) mass is 258 g/mol. The molecule has 2 rings (SSSR count). The minimum Gasteiger partial charge on any atom is -0.382 e. The SMILES string of the molecule is CC(CNC(=O)Cn1ccc(N)n1)c1ccccc1. The normalized spacial score (nSPS) is 12.1. The van der Waals surface area contributed by atoms with E-state index in [0.29, 0.717) is 12.4 Å². The molecule has 100 valence electrons. The molecular weight excluding hydrogens is 240 g/mol. The quantitative estimate of drug-likeness (QED) is 0.851. The van der Waals surface area contributed by atoms with Gasteiger partial charge in [-0.3, -0.25) is 9.48 Å². The number of carbonyl (C=O) groups excluding carboxylic acids is 1. The number of nitrogens with two attached hydrogens (primary N) is 1. The lowest BCUT2D eigenvalue weighted by Gasteiger charge is -2.13. The Morgan fingerprint density at radius 2 is 2.11 bits per heavy atom. The first-order valence-electron chi connectivity index (χ1n) is 6.25. The van der Waals surface area contributed by atoms with Crippen molar-refractivity contribution in [1.29, 1.82) is 0 Å². The van der Waals surface area contributed by atoms with Gasteiger partial charge in [-0.2, -0.15) is 5.10 Å². The summed E-state index contributed by atoms with van der Waals surface area (Å²) in [5, 5.41) is 6.87. The standard InChI is InChI=1S/C14H18N4O/c1-11(12-5-3-2-4-6-12)9-16-14(19)10-18-8-7-13(15)17-18/h2-8,11H,9-10H2,1H3,(H2,15,17)(H,16,19). The van der Waals surface area contributed by atoms with Crippen LogP contribution in [-0.2, 0) is 11.3 Å². The zero-order valence-corrected chi connectivity index (χ0v) is 10.9. The van der Waals surface area contributed by atoms with E-state index >= 15 is 0 Å². The molecule has 1 aromatic carbocycles. The Kier molecular flexibility index (Phi) is 4.18. The number of amides is 1.